The molecule has 4 rings (SSSR count). The number of nitrogens with zero attached hydrogens (tertiary/aromatic N) is 4. The number of benzene rings is 1. The van der Waals surface area contributed by atoms with Crippen LogP contribution >= 0.6 is 0 Å². The van der Waals surface area contributed by atoms with Crippen molar-refractivity contribution >= 4 is 17.1 Å². The summed E-state index contributed by atoms with van der Waals surface area (Å²) in [6.07, 6.45) is 4.71. The number of halogens is 2. The van der Waals surface area contributed by atoms with Gasteiger partial charge < -0.3 is 4.90 Å². The first-order chi connectivity index (χ1) is 12.1. The molecule has 0 saturated carbocycles. The second kappa shape index (κ2) is 6.19. The van der Waals surface area contributed by atoms with Gasteiger partial charge in [-0.15, -0.1) is 0 Å². The minimum atomic E-state index is -0.843. The van der Waals surface area contributed by atoms with Gasteiger partial charge in [-0.1, -0.05) is 6.07 Å². The highest BCUT2D eigenvalue weighted by molar-refractivity contribution is 5.95. The van der Waals surface area contributed by atoms with Gasteiger partial charge in [-0.25, -0.2) is 18.7 Å². The van der Waals surface area contributed by atoms with Crippen molar-refractivity contribution < 1.29 is 13.6 Å². The average molecular weight is 343 g/mol. The number of aromatic nitrogens is 4. The maximum atomic E-state index is 13.9. The topological polar surface area (TPSA) is 74.8 Å². The lowest BCUT2D eigenvalue weighted by Crippen LogP contribution is -2.40. The summed E-state index contributed by atoms with van der Waals surface area (Å²) >= 11 is 0. The number of carbonyl (C=O) groups excluding carboxylic acids is 1. The molecule has 3 aromatic rings. The molecule has 8 heteroatoms. The highest BCUT2D eigenvalue weighted by atomic mass is 19.1. The van der Waals surface area contributed by atoms with E-state index < -0.39 is 23.1 Å². The Hall–Kier alpha value is -2.90. The molecule has 2 aromatic heterocycles. The van der Waals surface area contributed by atoms with E-state index in [9.17, 15) is 13.6 Å². The molecule has 1 aliphatic heterocycles. The Morgan fingerprint density at radius 1 is 1.20 bits per heavy atom. The lowest BCUT2D eigenvalue weighted by Gasteiger charge is -2.32. The third-order valence-corrected chi connectivity index (χ3v) is 4.51. The molecule has 1 amide bonds. The van der Waals surface area contributed by atoms with Crippen molar-refractivity contribution in [1.82, 2.24) is 25.1 Å². The highest BCUT2D eigenvalue weighted by Gasteiger charge is 2.30. The van der Waals surface area contributed by atoms with Gasteiger partial charge in [0.05, 0.1) is 5.69 Å². The molecule has 0 bridgehead atoms. The third kappa shape index (κ3) is 2.73. The minimum absolute atomic E-state index is 0.0331. The number of likely N-dealkylation sites (tertiary alicyclic amines) is 1. The summed E-state index contributed by atoms with van der Waals surface area (Å²) in [5.41, 5.74) is 1.48. The number of hydrogen-bond acceptors (Lipinski definition) is 4. The standard InChI is InChI=1S/C17H15F2N5O/c18-11-4-1-5-12(19)13(11)17(25)24-8-2-3-10(9-24)14-15-16(23-22-14)21-7-6-20-15/h1,4-7,10H,2-3,8-9H2,(H,21,22,23)/t10-/m0/s1. The van der Waals surface area contributed by atoms with Crippen LogP contribution in [0.3, 0.4) is 0 Å². The molecular weight excluding hydrogens is 328 g/mol. The molecule has 1 aromatic carbocycles. The summed E-state index contributed by atoms with van der Waals surface area (Å²) in [6, 6.07) is 3.43. The first-order valence-electron chi connectivity index (χ1n) is 8.03. The predicted octanol–water partition coefficient (Wildman–Crippen LogP) is 2.65. The second-order valence-electron chi connectivity index (χ2n) is 6.05. The Labute approximate surface area is 141 Å². The van der Waals surface area contributed by atoms with Crippen molar-refractivity contribution in [1.29, 1.82) is 0 Å². The SMILES string of the molecule is O=C(c1c(F)cccc1F)N1CCC[C@H](c2[nH]nc3nccnc23)C1. The predicted molar refractivity (Wildman–Crippen MR) is 85.9 cm³/mol. The molecule has 0 aliphatic carbocycles. The van der Waals surface area contributed by atoms with Crippen LogP contribution < -0.4 is 0 Å². The largest absolute Gasteiger partial charge is 0.338 e. The van der Waals surface area contributed by atoms with E-state index in [1.807, 2.05) is 0 Å². The molecule has 6 nitrogen and oxygen atoms in total. The Balaban J connectivity index is 1.62. The van der Waals surface area contributed by atoms with Gasteiger partial charge in [0.1, 0.15) is 22.7 Å². The van der Waals surface area contributed by atoms with Gasteiger partial charge in [0, 0.05) is 31.4 Å². The van der Waals surface area contributed by atoms with Crippen LogP contribution in [-0.4, -0.2) is 44.1 Å². The number of piperidine rings is 1. The van der Waals surface area contributed by atoms with Gasteiger partial charge >= 0.3 is 0 Å². The summed E-state index contributed by atoms with van der Waals surface area (Å²) in [5.74, 6) is -2.35. The molecule has 25 heavy (non-hydrogen) atoms. The Bertz CT molecular complexity index is 921. The van der Waals surface area contributed by atoms with E-state index in [1.165, 1.54) is 11.0 Å². The van der Waals surface area contributed by atoms with E-state index in [1.54, 1.807) is 12.4 Å². The van der Waals surface area contributed by atoms with E-state index in [2.05, 4.69) is 20.2 Å². The van der Waals surface area contributed by atoms with Gasteiger partial charge in [0.25, 0.3) is 5.91 Å². The first-order valence-corrected chi connectivity index (χ1v) is 8.03. The quantitative estimate of drug-likeness (QED) is 0.776. The summed E-state index contributed by atoms with van der Waals surface area (Å²) < 4.78 is 27.8. The molecule has 0 spiro atoms. The molecule has 1 saturated heterocycles. The maximum absolute atomic E-state index is 13.9. The van der Waals surface area contributed by atoms with Crippen molar-refractivity contribution in [2.45, 2.75) is 18.8 Å². The molecule has 3 heterocycles. The van der Waals surface area contributed by atoms with Crippen molar-refractivity contribution in [3.8, 4) is 0 Å². The number of amides is 1. The van der Waals surface area contributed by atoms with Crippen LogP contribution in [0.25, 0.3) is 11.2 Å². The Kier molecular flexibility index (Phi) is 3.87. The van der Waals surface area contributed by atoms with Crippen LogP contribution in [0.2, 0.25) is 0 Å². The summed E-state index contributed by atoms with van der Waals surface area (Å²) in [6.45, 7) is 0.807. The maximum Gasteiger partial charge on any atom is 0.259 e. The van der Waals surface area contributed by atoms with Crippen LogP contribution in [-0.2, 0) is 0 Å². The number of fused-ring (bicyclic) bond motifs is 1. The molecule has 0 radical (unpaired) electrons. The second-order valence-corrected chi connectivity index (χ2v) is 6.05. The van der Waals surface area contributed by atoms with Crippen LogP contribution in [0.4, 0.5) is 8.78 Å². The molecule has 1 fully saturated rings. The summed E-state index contributed by atoms with van der Waals surface area (Å²) in [5, 5.41) is 7.07. The normalized spacial score (nSPS) is 17.8. The van der Waals surface area contributed by atoms with E-state index in [0.29, 0.717) is 24.3 Å². The van der Waals surface area contributed by atoms with Gasteiger partial charge in [0.15, 0.2) is 5.65 Å². The lowest BCUT2D eigenvalue weighted by molar-refractivity contribution is 0.0696. The number of hydrogen-bond donors (Lipinski definition) is 1. The summed E-state index contributed by atoms with van der Waals surface area (Å²) in [4.78, 5) is 22.5. The van der Waals surface area contributed by atoms with E-state index in [4.69, 9.17) is 0 Å². The summed E-state index contributed by atoms with van der Waals surface area (Å²) in [7, 11) is 0. The van der Waals surface area contributed by atoms with Crippen molar-refractivity contribution in [3.05, 3.63) is 53.5 Å². The van der Waals surface area contributed by atoms with Crippen molar-refractivity contribution in [2.24, 2.45) is 0 Å². The lowest BCUT2D eigenvalue weighted by atomic mass is 9.93. The van der Waals surface area contributed by atoms with Gasteiger partial charge in [-0.05, 0) is 25.0 Å². The number of nitrogens with one attached hydrogen (secondary N) is 1. The van der Waals surface area contributed by atoms with E-state index >= 15 is 0 Å². The van der Waals surface area contributed by atoms with E-state index in [0.717, 1.165) is 30.7 Å². The van der Waals surface area contributed by atoms with Gasteiger partial charge in [0.2, 0.25) is 0 Å². The van der Waals surface area contributed by atoms with Crippen molar-refractivity contribution in [2.75, 3.05) is 13.1 Å². The average Bonchev–Trinajstić information content (AvgIpc) is 3.06. The molecule has 0 unspecified atom stereocenters. The fourth-order valence-corrected chi connectivity index (χ4v) is 3.31. The number of aromatic amines is 1. The number of carbonyl (C=O) groups is 1. The Morgan fingerprint density at radius 2 is 1.96 bits per heavy atom. The molecular formula is C17H15F2N5O. The molecule has 1 atom stereocenters. The molecule has 128 valence electrons. The number of H-pyrrole nitrogens is 1. The fraction of sp³-hybridized carbons (Fsp3) is 0.294. The zero-order valence-electron chi connectivity index (χ0n) is 13.2. The first kappa shape index (κ1) is 15.6. The van der Waals surface area contributed by atoms with Crippen molar-refractivity contribution in [3.63, 3.8) is 0 Å². The zero-order valence-corrected chi connectivity index (χ0v) is 13.2. The molecule has 1 N–H and O–H groups in total. The van der Waals surface area contributed by atoms with Crippen LogP contribution in [0.15, 0.2) is 30.6 Å². The molecule has 1 aliphatic rings. The fourth-order valence-electron chi connectivity index (χ4n) is 3.31. The van der Waals surface area contributed by atoms with Crippen LogP contribution in [0, 0.1) is 11.6 Å². The van der Waals surface area contributed by atoms with Crippen LogP contribution in [0.5, 0.6) is 0 Å². The minimum Gasteiger partial charge on any atom is -0.338 e. The highest BCUT2D eigenvalue weighted by Crippen LogP contribution is 2.30. The number of rotatable bonds is 2. The zero-order chi connectivity index (χ0) is 17.4. The Morgan fingerprint density at radius 3 is 2.76 bits per heavy atom. The third-order valence-electron chi connectivity index (χ3n) is 4.51. The smallest absolute Gasteiger partial charge is 0.259 e. The van der Waals surface area contributed by atoms with Gasteiger partial charge in [-0.3, -0.25) is 9.89 Å². The van der Waals surface area contributed by atoms with Gasteiger partial charge in [-0.2, -0.15) is 5.10 Å². The van der Waals surface area contributed by atoms with Crippen LogP contribution in [0.1, 0.15) is 34.8 Å². The monoisotopic (exact) mass is 343 g/mol. The van der Waals surface area contributed by atoms with E-state index in [-0.39, 0.29) is 5.92 Å².